The summed E-state index contributed by atoms with van der Waals surface area (Å²) in [7, 11) is 0. The zero-order chi connectivity index (χ0) is 15.6. The summed E-state index contributed by atoms with van der Waals surface area (Å²) < 4.78 is 39.3. The number of hydrogen-bond donors (Lipinski definition) is 1. The van der Waals surface area contributed by atoms with Gasteiger partial charge in [-0.1, -0.05) is 15.9 Å². The van der Waals surface area contributed by atoms with Gasteiger partial charge in [0.15, 0.2) is 0 Å². The summed E-state index contributed by atoms with van der Waals surface area (Å²) in [5.41, 5.74) is -1.28. The van der Waals surface area contributed by atoms with Crippen LogP contribution in [0.2, 0.25) is 0 Å². The molecule has 1 aromatic carbocycles. The van der Waals surface area contributed by atoms with Crippen LogP contribution in [0.5, 0.6) is 0 Å². The Morgan fingerprint density at radius 3 is 2.43 bits per heavy atom. The lowest BCUT2D eigenvalue weighted by Crippen LogP contribution is -2.38. The molecule has 1 aliphatic rings. The van der Waals surface area contributed by atoms with Gasteiger partial charge >= 0.3 is 6.18 Å². The second-order valence-electron chi connectivity index (χ2n) is 5.11. The van der Waals surface area contributed by atoms with Crippen molar-refractivity contribution < 1.29 is 18.0 Å². The molecule has 116 valence electrons. The Morgan fingerprint density at radius 1 is 1.24 bits per heavy atom. The Morgan fingerprint density at radius 2 is 1.86 bits per heavy atom. The van der Waals surface area contributed by atoms with E-state index in [1.165, 1.54) is 12.1 Å². The number of amides is 1. The molecule has 1 aliphatic carbocycles. The van der Waals surface area contributed by atoms with E-state index in [0.29, 0.717) is 12.8 Å². The smallest absolute Gasteiger partial charge is 0.349 e. The van der Waals surface area contributed by atoms with Crippen LogP contribution in [0.4, 0.5) is 13.2 Å². The molecule has 0 heterocycles. The highest BCUT2D eigenvalue weighted by molar-refractivity contribution is 9.10. The summed E-state index contributed by atoms with van der Waals surface area (Å²) in [6.45, 7) is 0. The average Bonchev–Trinajstić information content (AvgIpc) is 2.40. The van der Waals surface area contributed by atoms with Crippen LogP contribution in [0.15, 0.2) is 22.7 Å². The highest BCUT2D eigenvalue weighted by Gasteiger charge is 2.36. The third-order valence-corrected chi connectivity index (χ3v) is 4.45. The van der Waals surface area contributed by atoms with Crippen molar-refractivity contribution >= 4 is 33.4 Å². The Kier molecular flexibility index (Phi) is 5.20. The number of carbonyl (C=O) groups is 1. The monoisotopic (exact) mass is 383 g/mol. The van der Waals surface area contributed by atoms with Crippen molar-refractivity contribution in [1.82, 2.24) is 5.32 Å². The van der Waals surface area contributed by atoms with Crippen molar-refractivity contribution in [2.45, 2.75) is 43.3 Å². The first-order valence-electron chi connectivity index (χ1n) is 6.59. The first-order chi connectivity index (χ1) is 9.77. The highest BCUT2D eigenvalue weighted by Crippen LogP contribution is 2.34. The van der Waals surface area contributed by atoms with Crippen LogP contribution in [-0.2, 0) is 6.18 Å². The molecule has 1 saturated carbocycles. The van der Waals surface area contributed by atoms with E-state index >= 15 is 0 Å². The summed E-state index contributed by atoms with van der Waals surface area (Å²) in [5.74, 6) is -0.687. The van der Waals surface area contributed by atoms with Gasteiger partial charge in [-0.3, -0.25) is 4.79 Å². The Balaban J connectivity index is 2.16. The van der Waals surface area contributed by atoms with Crippen LogP contribution >= 0.6 is 27.5 Å². The fourth-order valence-corrected chi connectivity index (χ4v) is 3.02. The van der Waals surface area contributed by atoms with Crippen LogP contribution < -0.4 is 5.32 Å². The van der Waals surface area contributed by atoms with Crippen molar-refractivity contribution in [2.24, 2.45) is 0 Å². The van der Waals surface area contributed by atoms with Gasteiger partial charge in [0.1, 0.15) is 0 Å². The molecule has 1 aromatic rings. The number of alkyl halides is 4. The molecule has 0 radical (unpaired) electrons. The average molecular weight is 385 g/mol. The van der Waals surface area contributed by atoms with E-state index in [9.17, 15) is 18.0 Å². The summed E-state index contributed by atoms with van der Waals surface area (Å²) in [5, 5.41) is 2.77. The molecule has 2 rings (SSSR count). The maximum atomic E-state index is 13.0. The van der Waals surface area contributed by atoms with E-state index in [-0.39, 0.29) is 21.5 Å². The van der Waals surface area contributed by atoms with E-state index in [0.717, 1.165) is 18.9 Å². The number of hydrogen-bond acceptors (Lipinski definition) is 1. The molecule has 2 nitrogen and oxygen atoms in total. The summed E-state index contributed by atoms with van der Waals surface area (Å²) >= 11 is 8.97. The molecule has 1 fully saturated rings. The van der Waals surface area contributed by atoms with E-state index in [1.807, 2.05) is 0 Å². The van der Waals surface area contributed by atoms with Crippen LogP contribution in [0.3, 0.4) is 0 Å². The van der Waals surface area contributed by atoms with Gasteiger partial charge in [0.05, 0.1) is 11.1 Å². The number of carbonyl (C=O) groups excluding carboxylic acids is 1. The Labute approximate surface area is 134 Å². The Bertz CT molecular complexity index is 527. The van der Waals surface area contributed by atoms with Gasteiger partial charge in [0.25, 0.3) is 5.91 Å². The quantitative estimate of drug-likeness (QED) is 0.733. The molecule has 0 spiro atoms. The second-order valence-corrected chi connectivity index (χ2v) is 6.64. The van der Waals surface area contributed by atoms with Crippen molar-refractivity contribution in [3.63, 3.8) is 0 Å². The van der Waals surface area contributed by atoms with Gasteiger partial charge in [0.2, 0.25) is 0 Å². The van der Waals surface area contributed by atoms with E-state index in [1.54, 1.807) is 0 Å². The SMILES string of the molecule is O=C(NC1CCC(Cl)CC1)c1ccc(Br)cc1C(F)(F)F. The molecule has 0 unspecified atom stereocenters. The molecule has 1 N–H and O–H groups in total. The molecule has 7 heteroatoms. The van der Waals surface area contributed by atoms with Crippen molar-refractivity contribution in [3.8, 4) is 0 Å². The fourth-order valence-electron chi connectivity index (χ4n) is 2.41. The molecule has 0 aromatic heterocycles. The molecule has 0 aliphatic heterocycles. The minimum atomic E-state index is -4.57. The van der Waals surface area contributed by atoms with Crippen LogP contribution in [0.1, 0.15) is 41.6 Å². The minimum Gasteiger partial charge on any atom is -0.349 e. The predicted octanol–water partition coefficient (Wildman–Crippen LogP) is 4.75. The molecule has 0 bridgehead atoms. The van der Waals surface area contributed by atoms with Crippen LogP contribution in [0.25, 0.3) is 0 Å². The van der Waals surface area contributed by atoms with Gasteiger partial charge in [-0.25, -0.2) is 0 Å². The lowest BCUT2D eigenvalue weighted by atomic mass is 9.94. The van der Waals surface area contributed by atoms with Crippen LogP contribution in [0, 0.1) is 0 Å². The molecular weight excluding hydrogens is 371 g/mol. The Hall–Kier alpha value is -0.750. The van der Waals surface area contributed by atoms with Gasteiger partial charge < -0.3 is 5.32 Å². The largest absolute Gasteiger partial charge is 0.417 e. The molecule has 21 heavy (non-hydrogen) atoms. The molecule has 1 amide bonds. The standard InChI is InChI=1S/C14H14BrClF3NO/c15-8-1-6-11(12(7-8)14(17,18)19)13(21)20-10-4-2-9(16)3-5-10/h1,6-7,9-10H,2-5H2,(H,20,21). The lowest BCUT2D eigenvalue weighted by Gasteiger charge is -2.26. The zero-order valence-electron chi connectivity index (χ0n) is 11.0. The van der Waals surface area contributed by atoms with E-state index in [4.69, 9.17) is 11.6 Å². The van der Waals surface area contributed by atoms with Crippen molar-refractivity contribution in [1.29, 1.82) is 0 Å². The molecular formula is C14H14BrClF3NO. The number of nitrogens with one attached hydrogen (secondary N) is 1. The van der Waals surface area contributed by atoms with Gasteiger partial charge in [0, 0.05) is 15.9 Å². The van der Waals surface area contributed by atoms with Crippen molar-refractivity contribution in [3.05, 3.63) is 33.8 Å². The van der Waals surface area contributed by atoms with Crippen molar-refractivity contribution in [2.75, 3.05) is 0 Å². The second kappa shape index (κ2) is 6.57. The van der Waals surface area contributed by atoms with Crippen LogP contribution in [-0.4, -0.2) is 17.3 Å². The zero-order valence-corrected chi connectivity index (χ0v) is 13.4. The minimum absolute atomic E-state index is 0.0940. The lowest BCUT2D eigenvalue weighted by molar-refractivity contribution is -0.138. The van der Waals surface area contributed by atoms with E-state index in [2.05, 4.69) is 21.2 Å². The maximum absolute atomic E-state index is 13.0. The first-order valence-corrected chi connectivity index (χ1v) is 7.82. The first kappa shape index (κ1) is 16.6. The highest BCUT2D eigenvalue weighted by atomic mass is 79.9. The predicted molar refractivity (Wildman–Crippen MR) is 78.5 cm³/mol. The summed E-state index contributed by atoms with van der Waals surface area (Å²) in [4.78, 5) is 12.1. The third kappa shape index (κ3) is 4.36. The summed E-state index contributed by atoms with van der Waals surface area (Å²) in [6, 6.07) is 3.43. The fraction of sp³-hybridized carbons (Fsp3) is 0.500. The van der Waals surface area contributed by atoms with Gasteiger partial charge in [-0.2, -0.15) is 13.2 Å². The molecule has 0 saturated heterocycles. The van der Waals surface area contributed by atoms with Gasteiger partial charge in [-0.05, 0) is 43.9 Å². The third-order valence-electron chi connectivity index (χ3n) is 3.52. The maximum Gasteiger partial charge on any atom is 0.417 e. The van der Waals surface area contributed by atoms with E-state index < -0.39 is 17.6 Å². The number of halogens is 5. The number of rotatable bonds is 2. The molecule has 0 atom stereocenters. The topological polar surface area (TPSA) is 29.1 Å². The normalized spacial score (nSPS) is 22.9. The summed E-state index contributed by atoms with van der Waals surface area (Å²) in [6.07, 6.45) is -1.65. The number of benzene rings is 1. The van der Waals surface area contributed by atoms with Gasteiger partial charge in [-0.15, -0.1) is 11.6 Å².